The second kappa shape index (κ2) is 6.49. The van der Waals surface area contributed by atoms with Crippen molar-refractivity contribution in [1.82, 2.24) is 0 Å². The van der Waals surface area contributed by atoms with Gasteiger partial charge in [-0.15, -0.1) is 0 Å². The normalized spacial score (nSPS) is 12.0. The Labute approximate surface area is 111 Å². The number of halogens is 1. The number of hydrogen-bond acceptors (Lipinski definition) is 2. The van der Waals surface area contributed by atoms with Gasteiger partial charge in [0.2, 0.25) is 0 Å². The lowest BCUT2D eigenvalue weighted by Gasteiger charge is -2.20. The van der Waals surface area contributed by atoms with Crippen LogP contribution in [-0.4, -0.2) is 35.6 Å². The van der Waals surface area contributed by atoms with Crippen molar-refractivity contribution >= 4 is 26.0 Å². The Morgan fingerprint density at radius 2 is 1.82 bits per heavy atom. The fourth-order valence-electron chi connectivity index (χ4n) is 1.25. The summed E-state index contributed by atoms with van der Waals surface area (Å²) >= 11 is 3.31. The van der Waals surface area contributed by atoms with E-state index in [0.717, 1.165) is 16.6 Å². The van der Waals surface area contributed by atoms with Gasteiger partial charge in [-0.2, -0.15) is 0 Å². The Morgan fingerprint density at radius 3 is 2.35 bits per heavy atom. The summed E-state index contributed by atoms with van der Waals surface area (Å²) in [5.74, 6) is -0.0248. The Morgan fingerprint density at radius 1 is 1.24 bits per heavy atom. The molecule has 0 amide bonds. The van der Waals surface area contributed by atoms with Crippen molar-refractivity contribution in [2.24, 2.45) is 0 Å². The minimum atomic E-state index is -3.35. The molecule has 0 saturated heterocycles. The van der Waals surface area contributed by atoms with Crippen molar-refractivity contribution in [3.8, 4) is 0 Å². The van der Waals surface area contributed by atoms with Gasteiger partial charge in [-0.25, -0.2) is 8.42 Å². The van der Waals surface area contributed by atoms with Gasteiger partial charge in [0.05, 0.1) is 36.4 Å². The predicted octanol–water partition coefficient (Wildman–Crippen LogP) is 0.797. The van der Waals surface area contributed by atoms with E-state index >= 15 is 0 Å². The number of nitrogens with zero attached hydrogens (tertiary/aromatic N) is 1. The first-order valence-corrected chi connectivity index (χ1v) is 7.74. The van der Waals surface area contributed by atoms with E-state index in [4.69, 9.17) is 0 Å². The Kier molecular flexibility index (Phi) is 5.58. The molecule has 0 bridgehead atoms. The summed E-state index contributed by atoms with van der Waals surface area (Å²) in [7, 11) is 0.591. The highest BCUT2D eigenvalue weighted by Crippen LogP contribution is 2.15. The van der Waals surface area contributed by atoms with Gasteiger partial charge in [-0.3, -0.25) is 0 Å². The molecule has 0 aliphatic rings. The van der Waals surface area contributed by atoms with Crippen LogP contribution in [-0.2, 0) is 15.8 Å². The van der Waals surface area contributed by atoms with Gasteiger partial charge in [0.25, 0.3) is 0 Å². The minimum Gasteiger partial charge on any atom is -0.544 e. The van der Waals surface area contributed by atoms with Gasteiger partial charge in [-0.05, 0) is 17.7 Å². The van der Waals surface area contributed by atoms with Crippen molar-refractivity contribution < 1.29 is 13.3 Å². The average Bonchev–Trinajstić information content (AvgIpc) is 2.20. The summed E-state index contributed by atoms with van der Waals surface area (Å²) in [6, 6.07) is 7.23. The fourth-order valence-corrected chi connectivity index (χ4v) is 2.58. The quantitative estimate of drug-likeness (QED) is 0.842. The van der Waals surface area contributed by atoms with Gasteiger partial charge < -0.3 is 9.62 Å². The molecule has 0 spiro atoms. The van der Waals surface area contributed by atoms with Crippen molar-refractivity contribution in [3.63, 3.8) is 0 Å². The molecule has 0 radical (unpaired) electrons. The Hall–Kier alpha value is -0.430. The highest BCUT2D eigenvalue weighted by atomic mass is 79.9. The van der Waals surface area contributed by atoms with E-state index in [9.17, 15) is 8.42 Å². The molecule has 0 unspecified atom stereocenters. The average molecular weight is 321 g/mol. The van der Waals surface area contributed by atoms with E-state index in [0.29, 0.717) is 6.54 Å². The molecule has 0 aliphatic heterocycles. The van der Waals surface area contributed by atoms with Gasteiger partial charge in [0, 0.05) is 4.47 Å². The lowest BCUT2D eigenvalue weighted by atomic mass is 10.2. The van der Waals surface area contributed by atoms with Crippen LogP contribution >= 0.6 is 15.9 Å². The maximum absolute atomic E-state index is 11.7. The van der Waals surface area contributed by atoms with E-state index in [1.807, 2.05) is 26.2 Å². The molecule has 6 heteroatoms. The van der Waals surface area contributed by atoms with Gasteiger partial charge >= 0.3 is 0 Å². The Balaban J connectivity index is 2.52. The predicted molar refractivity (Wildman–Crippen MR) is 72.7 cm³/mol. The zero-order valence-corrected chi connectivity index (χ0v) is 12.4. The fraction of sp³-hybridized carbons (Fsp3) is 0.455. The summed E-state index contributed by atoms with van der Waals surface area (Å²) in [6.07, 6.45) is 0. The molecule has 4 nitrogen and oxygen atoms in total. The van der Waals surface area contributed by atoms with Crippen LogP contribution in [0.4, 0.5) is 0 Å². The monoisotopic (exact) mass is 320 g/mol. The van der Waals surface area contributed by atoms with Crippen LogP contribution in [0.3, 0.4) is 0 Å². The first-order valence-electron chi connectivity index (χ1n) is 5.34. The molecule has 1 aromatic carbocycles. The van der Waals surface area contributed by atoms with Crippen LogP contribution in [0.15, 0.2) is 28.7 Å². The van der Waals surface area contributed by atoms with Crippen molar-refractivity contribution in [2.45, 2.75) is 5.75 Å². The third-order valence-corrected chi connectivity index (χ3v) is 3.96. The van der Waals surface area contributed by atoms with Gasteiger partial charge in [0.1, 0.15) is 0 Å². The number of hydrogen-bond donors (Lipinski definition) is 1. The van der Waals surface area contributed by atoms with E-state index < -0.39 is 10.0 Å². The van der Waals surface area contributed by atoms with Crippen molar-refractivity contribution in [2.75, 3.05) is 27.2 Å². The molecule has 0 atom stereocenters. The minimum absolute atomic E-state index is 0.0248. The molecule has 17 heavy (non-hydrogen) atoms. The third-order valence-electron chi connectivity index (χ3n) is 2.16. The topological polar surface area (TPSA) is 52.7 Å². The standard InChI is InChI=1S/C11H16BrN2O2S/c1-14(2)8-7-13-17(15,16)9-10-3-5-11(12)6-4-10/h3-6H,7-9H2,1-2H3/q-1/p+1. The number of benzene rings is 1. The second-order valence-corrected chi connectivity index (χ2v) is 6.79. The third kappa shape index (κ3) is 6.16. The van der Waals surface area contributed by atoms with Gasteiger partial charge in [0.15, 0.2) is 0 Å². The van der Waals surface area contributed by atoms with Crippen LogP contribution in [0.5, 0.6) is 0 Å². The number of sulfonamides is 1. The second-order valence-electron chi connectivity index (χ2n) is 4.16. The van der Waals surface area contributed by atoms with Crippen LogP contribution in [0, 0.1) is 0 Å². The maximum Gasteiger partial charge on any atom is 0.0765 e. The highest BCUT2D eigenvalue weighted by Gasteiger charge is 2.02. The summed E-state index contributed by atoms with van der Waals surface area (Å²) in [5, 5.41) is 0. The van der Waals surface area contributed by atoms with E-state index in [2.05, 4.69) is 20.7 Å². The summed E-state index contributed by atoms with van der Waals surface area (Å²) < 4.78 is 28.0. The van der Waals surface area contributed by atoms with Crippen molar-refractivity contribution in [3.05, 3.63) is 39.0 Å². The molecule has 0 heterocycles. The molecule has 0 aliphatic carbocycles. The molecule has 0 saturated carbocycles. The molecule has 1 rings (SSSR count). The number of nitrogens with one attached hydrogen (secondary N) is 1. The summed E-state index contributed by atoms with van der Waals surface area (Å²) in [4.78, 5) is 1.19. The largest absolute Gasteiger partial charge is 0.544 e. The molecule has 1 N–H and O–H groups in total. The smallest absolute Gasteiger partial charge is 0.0765 e. The molecule has 96 valence electrons. The molecular weight excluding hydrogens is 304 g/mol. The number of likely N-dealkylation sites (N-methyl/N-ethyl adjacent to an activating group) is 1. The zero-order chi connectivity index (χ0) is 12.9. The maximum atomic E-state index is 11.7. The van der Waals surface area contributed by atoms with Crippen molar-refractivity contribution in [1.29, 1.82) is 0 Å². The SMILES string of the molecule is C[NH+](C)CC[N-]S(=O)(=O)Cc1ccc(Br)cc1. The summed E-state index contributed by atoms with van der Waals surface area (Å²) in [6.45, 7) is 1.07. The van der Waals surface area contributed by atoms with E-state index in [-0.39, 0.29) is 5.75 Å². The molecular formula is C11H17BrN2O2S. The highest BCUT2D eigenvalue weighted by molar-refractivity contribution is 9.10. The van der Waals surface area contributed by atoms with Crippen LogP contribution in [0.2, 0.25) is 0 Å². The zero-order valence-electron chi connectivity index (χ0n) is 9.98. The van der Waals surface area contributed by atoms with Gasteiger partial charge in [-0.1, -0.05) is 34.6 Å². The number of quaternary nitrogens is 1. The van der Waals surface area contributed by atoms with Crippen LogP contribution < -0.4 is 4.90 Å². The van der Waals surface area contributed by atoms with E-state index in [1.54, 1.807) is 12.1 Å². The first-order chi connectivity index (χ1) is 7.89. The molecule has 1 aromatic rings. The lowest BCUT2D eigenvalue weighted by Crippen LogP contribution is -3.06. The lowest BCUT2D eigenvalue weighted by molar-refractivity contribution is -0.856. The van der Waals surface area contributed by atoms with E-state index in [1.165, 1.54) is 4.90 Å². The van der Waals surface area contributed by atoms with Crippen LogP contribution in [0.25, 0.3) is 4.72 Å². The first kappa shape index (κ1) is 14.6. The number of rotatable bonds is 6. The molecule has 0 aromatic heterocycles. The van der Waals surface area contributed by atoms with Crippen LogP contribution in [0.1, 0.15) is 5.56 Å². The molecule has 0 fully saturated rings. The Bertz CT molecular complexity index is 443. The summed E-state index contributed by atoms with van der Waals surface area (Å²) in [5.41, 5.74) is 0.758.